The molecule has 0 radical (unpaired) electrons. The van der Waals surface area contributed by atoms with Gasteiger partial charge in [0, 0.05) is 11.4 Å². The molecule has 0 aromatic heterocycles. The number of nitrogens with one attached hydrogen (secondary N) is 2. The van der Waals surface area contributed by atoms with E-state index in [-0.39, 0.29) is 11.8 Å². The molecule has 2 N–H and O–H groups in total. The van der Waals surface area contributed by atoms with Gasteiger partial charge in [0.15, 0.2) is 0 Å². The number of hydrogen-bond donors (Lipinski definition) is 2. The molecular weight excluding hydrogens is 348 g/mol. The van der Waals surface area contributed by atoms with E-state index in [1.807, 2.05) is 50.2 Å². The maximum absolute atomic E-state index is 12.7. The topological polar surface area (TPSA) is 58.2 Å². The minimum atomic E-state index is -0.636. The molecule has 0 aliphatic heterocycles. The normalized spacial score (nSPS) is 11.0. The van der Waals surface area contributed by atoms with Crippen LogP contribution in [0.2, 0.25) is 0 Å². The first-order valence-electron chi connectivity index (χ1n) is 10.2. The van der Waals surface area contributed by atoms with Crippen LogP contribution in [-0.4, -0.2) is 11.8 Å². The summed E-state index contributed by atoms with van der Waals surface area (Å²) in [5.41, 5.74) is 5.66. The summed E-state index contributed by atoms with van der Waals surface area (Å²) >= 11 is 0. The van der Waals surface area contributed by atoms with Crippen molar-refractivity contribution in [2.24, 2.45) is 0 Å². The number of carbonyl (C=O) groups is 2. The molecule has 0 heterocycles. The smallest absolute Gasteiger partial charge is 0.314 e. The Labute approximate surface area is 168 Å². The van der Waals surface area contributed by atoms with Crippen molar-refractivity contribution in [1.82, 2.24) is 0 Å². The van der Waals surface area contributed by atoms with E-state index in [1.165, 1.54) is 0 Å². The van der Waals surface area contributed by atoms with Crippen molar-refractivity contribution in [3.05, 3.63) is 58.7 Å². The molecule has 2 rings (SSSR count). The fourth-order valence-corrected chi connectivity index (χ4v) is 3.44. The van der Waals surface area contributed by atoms with Crippen LogP contribution < -0.4 is 10.6 Å². The Morgan fingerprint density at radius 2 is 1.11 bits per heavy atom. The van der Waals surface area contributed by atoms with Gasteiger partial charge < -0.3 is 10.6 Å². The van der Waals surface area contributed by atoms with E-state index in [1.54, 1.807) is 0 Å². The second kappa shape index (κ2) is 9.54. The lowest BCUT2D eigenvalue weighted by molar-refractivity contribution is -0.133. The number of aryl methyl sites for hydroxylation is 2. The van der Waals surface area contributed by atoms with Crippen LogP contribution in [0.4, 0.5) is 11.4 Å². The fourth-order valence-electron chi connectivity index (χ4n) is 3.44. The summed E-state index contributed by atoms with van der Waals surface area (Å²) in [4.78, 5) is 25.4. The van der Waals surface area contributed by atoms with Gasteiger partial charge in [-0.25, -0.2) is 0 Å². The SMILES string of the molecule is CCc1cccc(CC)c1NC(=O)C(=O)Nc1c(C(C)C)cccc1C(C)C. The number of hydrogen-bond acceptors (Lipinski definition) is 2. The molecular formula is C24H32N2O2. The van der Waals surface area contributed by atoms with Crippen molar-refractivity contribution in [2.75, 3.05) is 10.6 Å². The number of anilines is 2. The van der Waals surface area contributed by atoms with Crippen LogP contribution >= 0.6 is 0 Å². The third-order valence-electron chi connectivity index (χ3n) is 5.06. The zero-order valence-corrected chi connectivity index (χ0v) is 17.8. The van der Waals surface area contributed by atoms with E-state index in [2.05, 4.69) is 38.3 Å². The first-order chi connectivity index (χ1) is 13.3. The summed E-state index contributed by atoms with van der Waals surface area (Å²) in [6, 6.07) is 12.0. The van der Waals surface area contributed by atoms with Crippen molar-refractivity contribution in [3.63, 3.8) is 0 Å². The van der Waals surface area contributed by atoms with Gasteiger partial charge in [-0.05, 0) is 46.9 Å². The van der Waals surface area contributed by atoms with E-state index >= 15 is 0 Å². The van der Waals surface area contributed by atoms with Gasteiger partial charge in [-0.1, -0.05) is 77.9 Å². The van der Waals surface area contributed by atoms with Gasteiger partial charge in [-0.3, -0.25) is 9.59 Å². The number of rotatable bonds is 6. The highest BCUT2D eigenvalue weighted by atomic mass is 16.2. The molecule has 2 aromatic rings. The molecule has 0 aliphatic rings. The predicted molar refractivity (Wildman–Crippen MR) is 117 cm³/mol. The first-order valence-corrected chi connectivity index (χ1v) is 10.2. The van der Waals surface area contributed by atoms with E-state index in [4.69, 9.17) is 0 Å². The Morgan fingerprint density at radius 1 is 0.714 bits per heavy atom. The van der Waals surface area contributed by atoms with Gasteiger partial charge >= 0.3 is 11.8 Å². The minimum absolute atomic E-state index is 0.240. The average Bonchev–Trinajstić information content (AvgIpc) is 2.67. The Bertz CT molecular complexity index is 805. The van der Waals surface area contributed by atoms with Crippen LogP contribution in [0.15, 0.2) is 36.4 Å². The lowest BCUT2D eigenvalue weighted by Gasteiger charge is -2.20. The molecule has 28 heavy (non-hydrogen) atoms. The van der Waals surface area contributed by atoms with E-state index in [0.29, 0.717) is 0 Å². The lowest BCUT2D eigenvalue weighted by Crippen LogP contribution is -2.30. The standard InChI is InChI=1S/C24H32N2O2/c1-7-17-11-9-12-18(8-2)21(17)25-23(27)24(28)26-22-19(15(3)4)13-10-14-20(22)16(5)6/h9-16H,7-8H2,1-6H3,(H,25,27)(H,26,28). The first kappa shape index (κ1) is 21.7. The number of benzene rings is 2. The maximum Gasteiger partial charge on any atom is 0.314 e. The highest BCUT2D eigenvalue weighted by Crippen LogP contribution is 2.32. The minimum Gasteiger partial charge on any atom is -0.317 e. The molecule has 0 fully saturated rings. The summed E-state index contributed by atoms with van der Waals surface area (Å²) in [6.07, 6.45) is 1.58. The molecule has 0 aliphatic carbocycles. The number of amides is 2. The number of para-hydroxylation sites is 2. The Morgan fingerprint density at radius 3 is 1.50 bits per heavy atom. The van der Waals surface area contributed by atoms with Crippen LogP contribution in [-0.2, 0) is 22.4 Å². The van der Waals surface area contributed by atoms with Crippen molar-refractivity contribution >= 4 is 23.2 Å². The zero-order valence-electron chi connectivity index (χ0n) is 17.8. The van der Waals surface area contributed by atoms with Gasteiger partial charge in [0.1, 0.15) is 0 Å². The fraction of sp³-hybridized carbons (Fsp3) is 0.417. The van der Waals surface area contributed by atoms with E-state index in [9.17, 15) is 9.59 Å². The summed E-state index contributed by atoms with van der Waals surface area (Å²) < 4.78 is 0. The monoisotopic (exact) mass is 380 g/mol. The van der Waals surface area contributed by atoms with Gasteiger partial charge in [0.25, 0.3) is 0 Å². The quantitative estimate of drug-likeness (QED) is 0.638. The average molecular weight is 381 g/mol. The molecule has 0 atom stereocenters. The molecule has 4 heteroatoms. The number of carbonyl (C=O) groups excluding carboxylic acids is 2. The highest BCUT2D eigenvalue weighted by Gasteiger charge is 2.21. The Kier molecular flexibility index (Phi) is 7.38. The maximum atomic E-state index is 12.7. The van der Waals surface area contributed by atoms with Crippen LogP contribution in [0.3, 0.4) is 0 Å². The summed E-state index contributed by atoms with van der Waals surface area (Å²) in [5.74, 6) is -0.791. The van der Waals surface area contributed by atoms with Crippen LogP contribution in [0.5, 0.6) is 0 Å². The third-order valence-corrected chi connectivity index (χ3v) is 5.06. The lowest BCUT2D eigenvalue weighted by atomic mass is 9.92. The van der Waals surface area contributed by atoms with E-state index in [0.717, 1.165) is 46.5 Å². The van der Waals surface area contributed by atoms with Crippen molar-refractivity contribution in [2.45, 2.75) is 66.2 Å². The van der Waals surface area contributed by atoms with Crippen molar-refractivity contribution in [3.8, 4) is 0 Å². The van der Waals surface area contributed by atoms with Gasteiger partial charge in [0.2, 0.25) is 0 Å². The van der Waals surface area contributed by atoms with Crippen molar-refractivity contribution < 1.29 is 9.59 Å². The van der Waals surface area contributed by atoms with Crippen LogP contribution in [0.1, 0.15) is 75.6 Å². The molecule has 2 amide bonds. The molecule has 0 saturated carbocycles. The molecule has 4 nitrogen and oxygen atoms in total. The van der Waals surface area contributed by atoms with Crippen LogP contribution in [0.25, 0.3) is 0 Å². The Hall–Kier alpha value is -2.62. The van der Waals surface area contributed by atoms with Gasteiger partial charge in [-0.15, -0.1) is 0 Å². The highest BCUT2D eigenvalue weighted by molar-refractivity contribution is 6.44. The zero-order chi connectivity index (χ0) is 20.8. The van der Waals surface area contributed by atoms with E-state index < -0.39 is 11.8 Å². The second-order valence-electron chi connectivity index (χ2n) is 7.69. The predicted octanol–water partition coefficient (Wildman–Crippen LogP) is 5.64. The largest absolute Gasteiger partial charge is 0.317 e. The molecule has 0 spiro atoms. The van der Waals surface area contributed by atoms with Crippen LogP contribution in [0, 0.1) is 0 Å². The summed E-state index contributed by atoms with van der Waals surface area (Å²) in [6.45, 7) is 12.4. The third kappa shape index (κ3) is 4.80. The molecule has 2 aromatic carbocycles. The molecule has 0 bridgehead atoms. The van der Waals surface area contributed by atoms with Crippen molar-refractivity contribution in [1.29, 1.82) is 0 Å². The second-order valence-corrected chi connectivity index (χ2v) is 7.69. The molecule has 0 unspecified atom stereocenters. The molecule has 150 valence electrons. The Balaban J connectivity index is 2.31. The molecule has 0 saturated heterocycles. The van der Waals surface area contributed by atoms with Gasteiger partial charge in [-0.2, -0.15) is 0 Å². The summed E-state index contributed by atoms with van der Waals surface area (Å²) in [5, 5.41) is 5.73. The van der Waals surface area contributed by atoms with Gasteiger partial charge in [0.05, 0.1) is 0 Å². The summed E-state index contributed by atoms with van der Waals surface area (Å²) in [7, 11) is 0.